The van der Waals surface area contributed by atoms with Crippen molar-refractivity contribution >= 4 is 28.6 Å². The molecule has 34 heavy (non-hydrogen) atoms. The van der Waals surface area contributed by atoms with E-state index in [1.807, 2.05) is 30.2 Å². The number of rotatable bonds is 7. The fraction of sp³-hybridized carbons (Fsp3) is 0.480. The number of amides is 1. The summed E-state index contributed by atoms with van der Waals surface area (Å²) in [6, 6.07) is 5.59. The first-order valence-corrected chi connectivity index (χ1v) is 11.9. The Morgan fingerprint density at radius 1 is 1.26 bits per heavy atom. The number of hydrogen-bond acceptors (Lipinski definition) is 7. The molecule has 1 aliphatic heterocycles. The van der Waals surface area contributed by atoms with Crippen molar-refractivity contribution in [1.82, 2.24) is 24.8 Å². The summed E-state index contributed by atoms with van der Waals surface area (Å²) in [5.74, 6) is 2.17. The Morgan fingerprint density at radius 2 is 2.09 bits per heavy atom. The lowest BCUT2D eigenvalue weighted by Gasteiger charge is -2.38. The Morgan fingerprint density at radius 3 is 2.82 bits per heavy atom. The first kappa shape index (κ1) is 22.5. The molecule has 2 fully saturated rings. The van der Waals surface area contributed by atoms with Crippen LogP contribution in [-0.4, -0.2) is 77.1 Å². The monoisotopic (exact) mass is 464 g/mol. The second-order valence-electron chi connectivity index (χ2n) is 9.45. The first-order valence-electron chi connectivity index (χ1n) is 11.9. The van der Waals surface area contributed by atoms with E-state index in [0.29, 0.717) is 47.9 Å². The minimum absolute atomic E-state index is 0.0146. The minimum Gasteiger partial charge on any atom is -0.495 e. The number of carbonyl (C=O) groups excluding carboxylic acids is 1. The van der Waals surface area contributed by atoms with Crippen LogP contribution in [0.1, 0.15) is 35.7 Å². The van der Waals surface area contributed by atoms with Crippen LogP contribution in [-0.2, 0) is 0 Å². The molecular formula is C25H32N6O3. The fourth-order valence-electron chi connectivity index (χ4n) is 4.45. The number of benzene rings is 1. The van der Waals surface area contributed by atoms with E-state index >= 15 is 0 Å². The highest BCUT2D eigenvalue weighted by Crippen LogP contribution is 2.34. The zero-order chi connectivity index (χ0) is 23.8. The molecule has 1 saturated carbocycles. The van der Waals surface area contributed by atoms with Crippen molar-refractivity contribution in [3.8, 4) is 11.6 Å². The van der Waals surface area contributed by atoms with Crippen molar-refractivity contribution in [3.05, 3.63) is 35.5 Å². The Kier molecular flexibility index (Phi) is 6.03. The van der Waals surface area contributed by atoms with Crippen LogP contribution in [0.4, 0.5) is 11.6 Å². The summed E-state index contributed by atoms with van der Waals surface area (Å²) in [5, 5.41) is 4.15. The van der Waals surface area contributed by atoms with Crippen molar-refractivity contribution in [2.75, 3.05) is 45.7 Å². The summed E-state index contributed by atoms with van der Waals surface area (Å²) in [4.78, 5) is 29.8. The van der Waals surface area contributed by atoms with Crippen LogP contribution in [0.2, 0.25) is 0 Å². The van der Waals surface area contributed by atoms with E-state index in [9.17, 15) is 4.79 Å². The summed E-state index contributed by atoms with van der Waals surface area (Å²) in [6.07, 6.45) is 4.33. The fourth-order valence-corrected chi connectivity index (χ4v) is 4.45. The smallest absolute Gasteiger partial charge is 0.254 e. The largest absolute Gasteiger partial charge is 0.495 e. The second kappa shape index (κ2) is 9.13. The van der Waals surface area contributed by atoms with E-state index in [4.69, 9.17) is 9.47 Å². The number of fused-ring (bicyclic) bond motifs is 1. The van der Waals surface area contributed by atoms with Gasteiger partial charge in [0.2, 0.25) is 11.8 Å². The molecule has 1 saturated heterocycles. The summed E-state index contributed by atoms with van der Waals surface area (Å²) in [5.41, 5.74) is 3.05. The molecule has 3 aromatic rings. The van der Waals surface area contributed by atoms with Gasteiger partial charge in [0.1, 0.15) is 11.4 Å². The average Bonchev–Trinajstić information content (AvgIpc) is 3.58. The van der Waals surface area contributed by atoms with Gasteiger partial charge in [0.05, 0.1) is 24.8 Å². The topological polar surface area (TPSA) is 95.6 Å². The molecule has 2 aromatic heterocycles. The summed E-state index contributed by atoms with van der Waals surface area (Å²) < 4.78 is 11.7. The van der Waals surface area contributed by atoms with E-state index in [1.165, 1.54) is 12.8 Å². The zero-order valence-corrected chi connectivity index (χ0v) is 20.2. The molecule has 2 aliphatic rings. The third kappa shape index (κ3) is 4.52. The van der Waals surface area contributed by atoms with Crippen LogP contribution in [0.15, 0.2) is 24.4 Å². The first-order chi connectivity index (χ1) is 16.4. The highest BCUT2D eigenvalue weighted by atomic mass is 16.5. The van der Waals surface area contributed by atoms with E-state index in [1.54, 1.807) is 13.2 Å². The van der Waals surface area contributed by atoms with Crippen LogP contribution in [0, 0.1) is 12.8 Å². The number of aromatic nitrogens is 3. The van der Waals surface area contributed by atoms with Gasteiger partial charge in [0.15, 0.2) is 0 Å². The van der Waals surface area contributed by atoms with Gasteiger partial charge in [0.25, 0.3) is 5.91 Å². The minimum atomic E-state index is 0.0146. The molecule has 9 nitrogen and oxygen atoms in total. The molecule has 0 unspecified atom stereocenters. The van der Waals surface area contributed by atoms with Gasteiger partial charge < -0.3 is 29.6 Å². The molecule has 180 valence electrons. The number of likely N-dealkylation sites (N-methyl/N-ethyl adjacent to an activating group) is 1. The predicted octanol–water partition coefficient (Wildman–Crippen LogP) is 3.58. The Bertz CT molecular complexity index is 1200. The number of aromatic amines is 1. The molecule has 5 rings (SSSR count). The van der Waals surface area contributed by atoms with E-state index in [2.05, 4.69) is 39.1 Å². The van der Waals surface area contributed by atoms with Gasteiger partial charge in [-0.2, -0.15) is 9.97 Å². The summed E-state index contributed by atoms with van der Waals surface area (Å²) >= 11 is 0. The highest BCUT2D eigenvalue weighted by Gasteiger charge is 2.27. The normalized spacial score (nSPS) is 18.8. The summed E-state index contributed by atoms with van der Waals surface area (Å²) in [6.45, 7) is 7.22. The number of H-pyrrole nitrogens is 1. The zero-order valence-electron chi connectivity index (χ0n) is 20.2. The number of nitrogens with one attached hydrogen (secondary N) is 2. The number of anilines is 2. The Labute approximate surface area is 199 Å². The van der Waals surface area contributed by atoms with Crippen LogP contribution in [0.5, 0.6) is 11.6 Å². The predicted molar refractivity (Wildman–Crippen MR) is 131 cm³/mol. The molecular weight excluding hydrogens is 432 g/mol. The molecule has 3 heterocycles. The van der Waals surface area contributed by atoms with E-state index < -0.39 is 0 Å². The Hall–Kier alpha value is -3.33. The van der Waals surface area contributed by atoms with Gasteiger partial charge in [-0.15, -0.1) is 0 Å². The maximum Gasteiger partial charge on any atom is 0.254 e. The van der Waals surface area contributed by atoms with Crippen molar-refractivity contribution in [2.24, 2.45) is 5.92 Å². The highest BCUT2D eigenvalue weighted by molar-refractivity contribution is 5.96. The number of nitrogens with zero attached hydrogens (tertiary/aromatic N) is 4. The molecule has 1 aromatic carbocycles. The third-order valence-electron chi connectivity index (χ3n) is 6.63. The van der Waals surface area contributed by atoms with Gasteiger partial charge in [-0.3, -0.25) is 4.79 Å². The van der Waals surface area contributed by atoms with Crippen molar-refractivity contribution in [3.63, 3.8) is 0 Å². The molecule has 2 N–H and O–H groups in total. The average molecular weight is 465 g/mol. The maximum absolute atomic E-state index is 13.2. The van der Waals surface area contributed by atoms with Gasteiger partial charge in [-0.25, -0.2) is 0 Å². The lowest BCUT2D eigenvalue weighted by atomic mass is 10.1. The van der Waals surface area contributed by atoms with Gasteiger partial charge in [-0.1, -0.05) is 0 Å². The van der Waals surface area contributed by atoms with Crippen molar-refractivity contribution in [1.29, 1.82) is 0 Å². The van der Waals surface area contributed by atoms with Crippen LogP contribution in [0.25, 0.3) is 11.0 Å². The number of piperazine rings is 1. The number of methoxy groups -OCH3 is 1. The quantitative estimate of drug-likeness (QED) is 0.552. The SMILES string of the molecule is COc1cc(C(=O)N2CCN(C)C[C@H]2C)ccc1Nc1nc(OCC2CC2)c2c(C)c[nH]c2n1. The number of aryl methyl sites for hydroxylation is 1. The molecule has 1 amide bonds. The third-order valence-corrected chi connectivity index (χ3v) is 6.63. The van der Waals surface area contributed by atoms with Crippen LogP contribution >= 0.6 is 0 Å². The molecule has 0 bridgehead atoms. The number of ether oxygens (including phenoxy) is 2. The second-order valence-corrected chi connectivity index (χ2v) is 9.45. The number of carbonyl (C=O) groups is 1. The summed E-state index contributed by atoms with van der Waals surface area (Å²) in [7, 11) is 3.67. The molecule has 0 spiro atoms. The van der Waals surface area contributed by atoms with E-state index in [0.717, 1.165) is 29.7 Å². The number of hydrogen-bond donors (Lipinski definition) is 2. The standard InChI is InChI=1S/C25H32N6O3/c1-15-12-26-22-21(15)23(34-14-17-5-6-17)29-25(28-22)27-19-8-7-18(11-20(19)33-4)24(32)31-10-9-30(3)13-16(31)2/h7-8,11-12,16-17H,5-6,9-10,13-14H2,1-4H3,(H2,26,27,28,29)/t16-/m1/s1. The van der Waals surface area contributed by atoms with Gasteiger partial charge in [0, 0.05) is 37.4 Å². The molecule has 9 heteroatoms. The van der Waals surface area contributed by atoms with Crippen molar-refractivity contribution < 1.29 is 14.3 Å². The van der Waals surface area contributed by atoms with Crippen LogP contribution < -0.4 is 14.8 Å². The molecule has 0 radical (unpaired) electrons. The Balaban J connectivity index is 1.39. The van der Waals surface area contributed by atoms with E-state index in [-0.39, 0.29) is 11.9 Å². The lowest BCUT2D eigenvalue weighted by molar-refractivity contribution is 0.0533. The maximum atomic E-state index is 13.2. The molecule has 1 atom stereocenters. The van der Waals surface area contributed by atoms with Crippen LogP contribution in [0.3, 0.4) is 0 Å². The van der Waals surface area contributed by atoms with Crippen molar-refractivity contribution in [2.45, 2.75) is 32.7 Å². The van der Waals surface area contributed by atoms with Gasteiger partial charge >= 0.3 is 0 Å². The lowest BCUT2D eigenvalue weighted by Crippen LogP contribution is -2.52. The molecule has 1 aliphatic carbocycles. The van der Waals surface area contributed by atoms with Gasteiger partial charge in [-0.05, 0) is 63.4 Å².